The molecule has 0 spiro atoms. The second-order valence-electron chi connectivity index (χ2n) is 6.87. The summed E-state index contributed by atoms with van der Waals surface area (Å²) in [6.45, 7) is 2.81. The summed E-state index contributed by atoms with van der Waals surface area (Å²) >= 11 is 7.58. The molecule has 1 heterocycles. The van der Waals surface area contributed by atoms with Crippen molar-refractivity contribution in [1.29, 1.82) is 0 Å². The Labute approximate surface area is 175 Å². The third kappa shape index (κ3) is 4.71. The molecular weight excluding hydrogens is 423 g/mol. The standard InChI is InChI=1S/C20H19ClF3N3OS/c1-12-4-9-15(21)17-16(12)25-19(29-17)27(11-10-26(2)3)18(28)13-5-7-14(8-6-13)20(22,23)24/h4-9H,10-11H2,1-3H3. The molecule has 0 unspecified atom stereocenters. The van der Waals surface area contributed by atoms with E-state index >= 15 is 0 Å². The number of likely N-dealkylation sites (N-methyl/N-ethyl adjacent to an activating group) is 1. The normalized spacial score (nSPS) is 12.0. The molecule has 3 rings (SSSR count). The molecule has 0 saturated heterocycles. The van der Waals surface area contributed by atoms with Crippen molar-refractivity contribution in [3.05, 3.63) is 58.1 Å². The fourth-order valence-corrected chi connectivity index (χ4v) is 4.09. The van der Waals surface area contributed by atoms with Crippen LogP contribution in [0.5, 0.6) is 0 Å². The highest BCUT2D eigenvalue weighted by molar-refractivity contribution is 7.23. The Hall–Kier alpha value is -2.16. The maximum atomic E-state index is 13.1. The van der Waals surface area contributed by atoms with E-state index in [9.17, 15) is 18.0 Å². The molecule has 1 aromatic heterocycles. The number of fused-ring (bicyclic) bond motifs is 1. The first-order chi connectivity index (χ1) is 13.6. The smallest absolute Gasteiger partial charge is 0.308 e. The number of anilines is 1. The lowest BCUT2D eigenvalue weighted by atomic mass is 10.1. The third-order valence-corrected chi connectivity index (χ3v) is 5.93. The molecule has 2 aromatic carbocycles. The molecule has 0 saturated carbocycles. The van der Waals surface area contributed by atoms with Crippen molar-refractivity contribution in [3.63, 3.8) is 0 Å². The molecule has 1 amide bonds. The molecule has 0 aliphatic rings. The maximum absolute atomic E-state index is 13.1. The zero-order valence-electron chi connectivity index (χ0n) is 16.0. The van der Waals surface area contributed by atoms with E-state index in [1.165, 1.54) is 28.4 Å². The Morgan fingerprint density at radius 2 is 1.76 bits per heavy atom. The van der Waals surface area contributed by atoms with Crippen LogP contribution in [0.1, 0.15) is 21.5 Å². The summed E-state index contributed by atoms with van der Waals surface area (Å²) in [5.41, 5.74) is 1.02. The number of carbonyl (C=O) groups is 1. The summed E-state index contributed by atoms with van der Waals surface area (Å²) in [4.78, 5) is 21.1. The van der Waals surface area contributed by atoms with Crippen molar-refractivity contribution in [1.82, 2.24) is 9.88 Å². The van der Waals surface area contributed by atoms with Crippen LogP contribution >= 0.6 is 22.9 Å². The van der Waals surface area contributed by atoms with Crippen LogP contribution in [0, 0.1) is 6.92 Å². The number of aryl methyl sites for hydroxylation is 1. The maximum Gasteiger partial charge on any atom is 0.416 e. The van der Waals surface area contributed by atoms with Crippen LogP contribution in [-0.2, 0) is 6.18 Å². The van der Waals surface area contributed by atoms with E-state index in [0.29, 0.717) is 28.8 Å². The summed E-state index contributed by atoms with van der Waals surface area (Å²) in [5, 5.41) is 1.01. The fourth-order valence-electron chi connectivity index (χ4n) is 2.75. The minimum absolute atomic E-state index is 0.166. The molecule has 9 heteroatoms. The number of aromatic nitrogens is 1. The lowest BCUT2D eigenvalue weighted by Crippen LogP contribution is -2.36. The lowest BCUT2D eigenvalue weighted by molar-refractivity contribution is -0.137. The van der Waals surface area contributed by atoms with Crippen LogP contribution in [0.15, 0.2) is 36.4 Å². The number of amides is 1. The van der Waals surface area contributed by atoms with Gasteiger partial charge in [0.25, 0.3) is 5.91 Å². The van der Waals surface area contributed by atoms with Crippen molar-refractivity contribution in [2.75, 3.05) is 32.1 Å². The van der Waals surface area contributed by atoms with Crippen molar-refractivity contribution in [3.8, 4) is 0 Å². The van der Waals surface area contributed by atoms with E-state index < -0.39 is 17.6 Å². The first-order valence-corrected chi connectivity index (χ1v) is 9.97. The summed E-state index contributed by atoms with van der Waals surface area (Å²) in [5.74, 6) is -0.409. The highest BCUT2D eigenvalue weighted by atomic mass is 35.5. The molecule has 3 aromatic rings. The summed E-state index contributed by atoms with van der Waals surface area (Å²) < 4.78 is 39.3. The third-order valence-electron chi connectivity index (χ3n) is 4.39. The van der Waals surface area contributed by atoms with E-state index in [1.54, 1.807) is 6.07 Å². The highest BCUT2D eigenvalue weighted by Crippen LogP contribution is 2.36. The van der Waals surface area contributed by atoms with Gasteiger partial charge in [0.15, 0.2) is 5.13 Å². The Morgan fingerprint density at radius 1 is 1.10 bits per heavy atom. The fraction of sp³-hybridized carbons (Fsp3) is 0.300. The summed E-state index contributed by atoms with van der Waals surface area (Å²) in [7, 11) is 3.75. The average Bonchev–Trinajstić information content (AvgIpc) is 3.10. The summed E-state index contributed by atoms with van der Waals surface area (Å²) in [6.07, 6.45) is -4.45. The van der Waals surface area contributed by atoms with Gasteiger partial charge < -0.3 is 4.90 Å². The van der Waals surface area contributed by atoms with Crippen molar-refractivity contribution in [2.45, 2.75) is 13.1 Å². The van der Waals surface area contributed by atoms with Crippen molar-refractivity contribution >= 4 is 44.2 Å². The largest absolute Gasteiger partial charge is 0.416 e. The van der Waals surface area contributed by atoms with E-state index in [-0.39, 0.29) is 5.56 Å². The SMILES string of the molecule is Cc1ccc(Cl)c2sc(N(CCN(C)C)C(=O)c3ccc(C(F)(F)F)cc3)nc12. The van der Waals surface area contributed by atoms with Gasteiger partial charge in [0.2, 0.25) is 0 Å². The molecule has 0 radical (unpaired) electrons. The number of nitrogens with zero attached hydrogens (tertiary/aromatic N) is 3. The van der Waals surface area contributed by atoms with Gasteiger partial charge in [-0.2, -0.15) is 13.2 Å². The second kappa shape index (κ2) is 8.30. The molecule has 0 N–H and O–H groups in total. The van der Waals surface area contributed by atoms with Crippen molar-refractivity contribution in [2.24, 2.45) is 0 Å². The number of hydrogen-bond donors (Lipinski definition) is 0. The number of carbonyl (C=O) groups excluding carboxylic acids is 1. The number of hydrogen-bond acceptors (Lipinski definition) is 4. The van der Waals surface area contributed by atoms with Gasteiger partial charge in [0, 0.05) is 18.7 Å². The van der Waals surface area contributed by atoms with Gasteiger partial charge in [-0.1, -0.05) is 29.0 Å². The second-order valence-corrected chi connectivity index (χ2v) is 8.26. The topological polar surface area (TPSA) is 36.4 Å². The first kappa shape index (κ1) is 21.5. The molecule has 154 valence electrons. The van der Waals surface area contributed by atoms with Gasteiger partial charge in [-0.05, 0) is 56.9 Å². The summed E-state index contributed by atoms with van der Waals surface area (Å²) in [6, 6.07) is 7.85. The van der Waals surface area contributed by atoms with Gasteiger partial charge >= 0.3 is 6.18 Å². The monoisotopic (exact) mass is 441 g/mol. The van der Waals surface area contributed by atoms with Crippen LogP contribution < -0.4 is 4.90 Å². The van der Waals surface area contributed by atoms with Gasteiger partial charge in [-0.25, -0.2) is 4.98 Å². The Morgan fingerprint density at radius 3 is 2.31 bits per heavy atom. The highest BCUT2D eigenvalue weighted by Gasteiger charge is 2.31. The minimum atomic E-state index is -4.45. The van der Waals surface area contributed by atoms with Crippen LogP contribution in [-0.4, -0.2) is 43.0 Å². The molecule has 0 aliphatic carbocycles. The predicted molar refractivity (Wildman–Crippen MR) is 111 cm³/mol. The van der Waals surface area contributed by atoms with Gasteiger partial charge in [-0.15, -0.1) is 0 Å². The molecule has 29 heavy (non-hydrogen) atoms. The van der Waals surface area contributed by atoms with E-state index in [1.807, 2.05) is 32.0 Å². The number of benzene rings is 2. The Kier molecular flexibility index (Phi) is 6.16. The number of thiazole rings is 1. The van der Waals surface area contributed by atoms with Gasteiger partial charge in [0.05, 0.1) is 20.8 Å². The molecule has 0 aliphatic heterocycles. The van der Waals surface area contributed by atoms with Crippen LogP contribution in [0.25, 0.3) is 10.2 Å². The van der Waals surface area contributed by atoms with Crippen LogP contribution in [0.4, 0.5) is 18.3 Å². The van der Waals surface area contributed by atoms with E-state index in [0.717, 1.165) is 22.4 Å². The van der Waals surface area contributed by atoms with Crippen molar-refractivity contribution < 1.29 is 18.0 Å². The van der Waals surface area contributed by atoms with Crippen LogP contribution in [0.3, 0.4) is 0 Å². The Balaban J connectivity index is 2.00. The van der Waals surface area contributed by atoms with Crippen LogP contribution in [0.2, 0.25) is 5.02 Å². The zero-order valence-corrected chi connectivity index (χ0v) is 17.6. The van der Waals surface area contributed by atoms with Gasteiger partial charge in [0.1, 0.15) is 0 Å². The lowest BCUT2D eigenvalue weighted by Gasteiger charge is -2.22. The minimum Gasteiger partial charge on any atom is -0.308 e. The molecule has 4 nitrogen and oxygen atoms in total. The average molecular weight is 442 g/mol. The van der Waals surface area contributed by atoms with E-state index in [2.05, 4.69) is 4.98 Å². The van der Waals surface area contributed by atoms with Gasteiger partial charge in [-0.3, -0.25) is 9.69 Å². The number of halogens is 4. The Bertz CT molecular complexity index is 993. The zero-order chi connectivity index (χ0) is 21.3. The first-order valence-electron chi connectivity index (χ1n) is 8.77. The number of alkyl halides is 3. The van der Waals surface area contributed by atoms with E-state index in [4.69, 9.17) is 11.6 Å². The molecule has 0 fully saturated rings. The quantitative estimate of drug-likeness (QED) is 0.525. The molecule has 0 atom stereocenters. The predicted octanol–water partition coefficient (Wildman–Crippen LogP) is 5.49. The number of rotatable bonds is 5. The molecule has 0 bridgehead atoms. The molecular formula is C20H19ClF3N3OS.